The molecule has 0 spiro atoms. The number of benzene rings is 1. The summed E-state index contributed by atoms with van der Waals surface area (Å²) in [7, 11) is 1.63. The van der Waals surface area contributed by atoms with Crippen LogP contribution in [0.4, 0.5) is 0 Å². The fourth-order valence-corrected chi connectivity index (χ4v) is 3.85. The molecule has 130 valence electrons. The summed E-state index contributed by atoms with van der Waals surface area (Å²) in [6, 6.07) is 7.53. The summed E-state index contributed by atoms with van der Waals surface area (Å²) in [6.07, 6.45) is 3.42. The smallest absolute Gasteiger partial charge is 0.173 e. The summed E-state index contributed by atoms with van der Waals surface area (Å²) in [5, 5.41) is 0.825. The molecule has 4 nitrogen and oxygen atoms in total. The van der Waals surface area contributed by atoms with E-state index < -0.39 is 0 Å². The third kappa shape index (κ3) is 3.38. The molecule has 0 bridgehead atoms. The highest BCUT2D eigenvalue weighted by Gasteiger charge is 2.45. The van der Waals surface area contributed by atoms with Gasteiger partial charge in [0, 0.05) is 11.2 Å². The lowest BCUT2D eigenvalue weighted by atomic mass is 9.73. The van der Waals surface area contributed by atoms with Crippen LogP contribution in [0.2, 0.25) is 0 Å². The van der Waals surface area contributed by atoms with Crippen LogP contribution in [0.15, 0.2) is 30.5 Å². The number of carbonyl (C=O) groups excluding carboxylic acids is 1. The number of carbonyl (C=O) groups is 1. The van der Waals surface area contributed by atoms with Gasteiger partial charge in [0.25, 0.3) is 0 Å². The average molecular weight is 395 g/mol. The molecule has 0 radical (unpaired) electrons. The molecule has 2 aliphatic rings. The van der Waals surface area contributed by atoms with Gasteiger partial charge in [0.05, 0.1) is 37.6 Å². The number of rotatable bonds is 5. The number of Topliss-reactive ketones (excluding diaryl/α,β-unsaturated/α-hetero) is 1. The molecule has 1 aliphatic heterocycles. The molecular formula is C19H23BrO4. The van der Waals surface area contributed by atoms with Crippen LogP contribution in [-0.4, -0.2) is 37.0 Å². The van der Waals surface area contributed by atoms with Crippen molar-refractivity contribution in [1.29, 1.82) is 0 Å². The number of halogens is 1. The van der Waals surface area contributed by atoms with Crippen molar-refractivity contribution in [2.75, 3.05) is 19.0 Å². The fraction of sp³-hybridized carbons (Fsp3) is 0.526. The molecule has 1 fully saturated rings. The molecule has 4 atom stereocenters. The third-order valence-corrected chi connectivity index (χ3v) is 5.34. The Morgan fingerprint density at radius 2 is 2.00 bits per heavy atom. The van der Waals surface area contributed by atoms with E-state index in [1.165, 1.54) is 0 Å². The van der Waals surface area contributed by atoms with Crippen LogP contribution in [0, 0.1) is 11.8 Å². The second kappa shape index (κ2) is 7.70. The van der Waals surface area contributed by atoms with Gasteiger partial charge in [-0.15, -0.1) is 0 Å². The first-order valence-electron chi connectivity index (χ1n) is 8.37. The molecule has 0 amide bonds. The summed E-state index contributed by atoms with van der Waals surface area (Å²) in [5.74, 6) is 1.09. The van der Waals surface area contributed by atoms with Gasteiger partial charge in [0.15, 0.2) is 5.78 Å². The van der Waals surface area contributed by atoms with Gasteiger partial charge in [-0.05, 0) is 30.5 Å². The number of ketones is 1. The van der Waals surface area contributed by atoms with Crippen LogP contribution < -0.4 is 4.74 Å². The third-order valence-electron chi connectivity index (χ3n) is 5.02. The van der Waals surface area contributed by atoms with E-state index in [4.69, 9.17) is 14.2 Å². The molecule has 1 aliphatic carbocycles. The molecule has 1 saturated carbocycles. The molecule has 24 heavy (non-hydrogen) atoms. The lowest BCUT2D eigenvalue weighted by molar-refractivity contribution is -0.134. The molecule has 5 heteroatoms. The van der Waals surface area contributed by atoms with E-state index in [1.807, 2.05) is 24.3 Å². The van der Waals surface area contributed by atoms with Crippen molar-refractivity contribution in [3.05, 3.63) is 36.1 Å². The van der Waals surface area contributed by atoms with Crippen molar-refractivity contribution >= 4 is 27.3 Å². The van der Waals surface area contributed by atoms with Crippen molar-refractivity contribution in [3.8, 4) is 5.75 Å². The number of ether oxygens (including phenoxy) is 3. The Balaban J connectivity index is 1.77. The van der Waals surface area contributed by atoms with Gasteiger partial charge in [0.1, 0.15) is 11.9 Å². The quantitative estimate of drug-likeness (QED) is 0.711. The maximum absolute atomic E-state index is 13.0. The van der Waals surface area contributed by atoms with Crippen LogP contribution >= 0.6 is 15.9 Å². The first kappa shape index (κ1) is 17.5. The zero-order valence-corrected chi connectivity index (χ0v) is 15.6. The second-order valence-electron chi connectivity index (χ2n) is 6.37. The van der Waals surface area contributed by atoms with Crippen molar-refractivity contribution < 1.29 is 19.0 Å². The monoisotopic (exact) mass is 394 g/mol. The standard InChI is InChI=1S/C19H23BrO4/c1-12-17(23-10-9-20)8-7-15-18(21)16(11-24-19(12)15)13-3-5-14(22-2)6-4-13/h3-6,11-12,15,17,19H,7-10H2,1-2H3. The number of alkyl halides is 1. The summed E-state index contributed by atoms with van der Waals surface area (Å²) in [5.41, 5.74) is 1.54. The first-order chi connectivity index (χ1) is 11.7. The molecule has 4 unspecified atom stereocenters. The number of fused-ring (bicyclic) bond motifs is 1. The molecular weight excluding hydrogens is 372 g/mol. The van der Waals surface area contributed by atoms with E-state index in [-0.39, 0.29) is 29.8 Å². The van der Waals surface area contributed by atoms with E-state index >= 15 is 0 Å². The lowest BCUT2D eigenvalue weighted by Crippen LogP contribution is -2.47. The number of hydrogen-bond donors (Lipinski definition) is 0. The first-order valence-corrected chi connectivity index (χ1v) is 9.49. The Morgan fingerprint density at radius 3 is 2.67 bits per heavy atom. The predicted molar refractivity (Wildman–Crippen MR) is 96.3 cm³/mol. The van der Waals surface area contributed by atoms with Gasteiger partial charge in [-0.3, -0.25) is 4.79 Å². The molecule has 1 heterocycles. The number of allylic oxidation sites excluding steroid dienone is 1. The number of hydrogen-bond acceptors (Lipinski definition) is 4. The van der Waals surface area contributed by atoms with E-state index in [1.54, 1.807) is 13.4 Å². The lowest BCUT2D eigenvalue weighted by Gasteiger charge is -2.42. The molecule has 0 aromatic heterocycles. The summed E-state index contributed by atoms with van der Waals surface area (Å²) in [6.45, 7) is 2.81. The zero-order chi connectivity index (χ0) is 17.1. The Morgan fingerprint density at radius 1 is 1.25 bits per heavy atom. The van der Waals surface area contributed by atoms with Gasteiger partial charge in [-0.2, -0.15) is 0 Å². The summed E-state index contributed by atoms with van der Waals surface area (Å²) in [4.78, 5) is 13.0. The minimum Gasteiger partial charge on any atom is -0.497 e. The molecule has 0 N–H and O–H groups in total. The zero-order valence-electron chi connectivity index (χ0n) is 14.0. The fourth-order valence-electron chi connectivity index (χ4n) is 3.66. The van der Waals surface area contributed by atoms with E-state index in [2.05, 4.69) is 22.9 Å². The maximum Gasteiger partial charge on any atom is 0.173 e. The van der Waals surface area contributed by atoms with E-state index in [9.17, 15) is 4.79 Å². The topological polar surface area (TPSA) is 44.8 Å². The summed E-state index contributed by atoms with van der Waals surface area (Å²) < 4.78 is 17.1. The van der Waals surface area contributed by atoms with Crippen LogP contribution in [0.1, 0.15) is 25.3 Å². The average Bonchev–Trinajstić information content (AvgIpc) is 2.62. The van der Waals surface area contributed by atoms with E-state index in [0.717, 1.165) is 29.5 Å². The summed E-state index contributed by atoms with van der Waals surface area (Å²) >= 11 is 3.39. The van der Waals surface area contributed by atoms with Crippen molar-refractivity contribution in [2.45, 2.75) is 32.0 Å². The van der Waals surface area contributed by atoms with Crippen molar-refractivity contribution in [1.82, 2.24) is 0 Å². The van der Waals surface area contributed by atoms with Crippen molar-refractivity contribution in [3.63, 3.8) is 0 Å². The van der Waals surface area contributed by atoms with Crippen LogP contribution in [0.25, 0.3) is 5.57 Å². The highest BCUT2D eigenvalue weighted by atomic mass is 79.9. The largest absolute Gasteiger partial charge is 0.497 e. The second-order valence-corrected chi connectivity index (χ2v) is 7.16. The Bertz CT molecular complexity index is 610. The highest BCUT2D eigenvalue weighted by molar-refractivity contribution is 9.09. The Kier molecular flexibility index (Phi) is 5.61. The normalized spacial score (nSPS) is 29.5. The highest BCUT2D eigenvalue weighted by Crippen LogP contribution is 2.40. The van der Waals surface area contributed by atoms with Gasteiger partial charge in [-0.1, -0.05) is 35.0 Å². The van der Waals surface area contributed by atoms with Crippen LogP contribution in [-0.2, 0) is 14.3 Å². The van der Waals surface area contributed by atoms with Gasteiger partial charge in [0.2, 0.25) is 0 Å². The molecule has 3 rings (SSSR count). The van der Waals surface area contributed by atoms with Crippen LogP contribution in [0.3, 0.4) is 0 Å². The molecule has 1 aromatic carbocycles. The van der Waals surface area contributed by atoms with Gasteiger partial charge < -0.3 is 14.2 Å². The predicted octanol–water partition coefficient (Wildman–Crippen LogP) is 3.83. The Hall–Kier alpha value is -1.33. The van der Waals surface area contributed by atoms with Gasteiger partial charge in [-0.25, -0.2) is 0 Å². The maximum atomic E-state index is 13.0. The van der Waals surface area contributed by atoms with Gasteiger partial charge >= 0.3 is 0 Å². The Labute approximate surface area is 151 Å². The minimum absolute atomic E-state index is 0.0779. The SMILES string of the molecule is COc1ccc(C2=COC3C(CCC(OCCBr)C3C)C2=O)cc1. The van der Waals surface area contributed by atoms with Crippen LogP contribution in [0.5, 0.6) is 5.75 Å². The van der Waals surface area contributed by atoms with E-state index in [0.29, 0.717) is 12.2 Å². The van der Waals surface area contributed by atoms with Crippen molar-refractivity contribution in [2.24, 2.45) is 11.8 Å². The minimum atomic E-state index is -0.0893. The number of methoxy groups -OCH3 is 1. The molecule has 1 aromatic rings. The molecule has 0 saturated heterocycles.